The summed E-state index contributed by atoms with van der Waals surface area (Å²) in [7, 11) is 0. The number of nitrogens with zero attached hydrogens (tertiary/aromatic N) is 1. The van der Waals surface area contributed by atoms with Crippen molar-refractivity contribution in [2.75, 3.05) is 0 Å². The van der Waals surface area contributed by atoms with Gasteiger partial charge in [-0.2, -0.15) is 5.26 Å². The molecule has 42 valence electrons. The Morgan fingerprint density at radius 3 is 2.75 bits per heavy atom. The maximum absolute atomic E-state index is 8.39. The summed E-state index contributed by atoms with van der Waals surface area (Å²) in [6.07, 6.45) is 2.42. The molecule has 3 atom stereocenters. The maximum atomic E-state index is 8.39. The molecule has 1 N–H and O–H groups in total. The summed E-state index contributed by atoms with van der Waals surface area (Å²) in [4.78, 5) is 0. The topological polar surface area (TPSA) is 35.8 Å². The van der Waals surface area contributed by atoms with Crippen molar-refractivity contribution in [3.63, 3.8) is 0 Å². The van der Waals surface area contributed by atoms with E-state index in [0.29, 0.717) is 0 Å². The Bertz CT molecular complexity index is 137. The molecule has 0 aromatic rings. The van der Waals surface area contributed by atoms with E-state index in [1.165, 1.54) is 6.42 Å². The van der Waals surface area contributed by atoms with Crippen molar-refractivity contribution in [3.05, 3.63) is 0 Å². The van der Waals surface area contributed by atoms with E-state index in [-0.39, 0.29) is 6.04 Å². The first-order chi connectivity index (χ1) is 3.90. The van der Waals surface area contributed by atoms with Crippen molar-refractivity contribution in [2.45, 2.75) is 24.9 Å². The highest BCUT2D eigenvalue weighted by atomic mass is 15.0. The second-order valence-corrected chi connectivity index (χ2v) is 2.69. The lowest BCUT2D eigenvalue weighted by Crippen LogP contribution is -2.23. The second kappa shape index (κ2) is 1.24. The Morgan fingerprint density at radius 2 is 2.38 bits per heavy atom. The average Bonchev–Trinajstić information content (AvgIpc) is 2.40. The van der Waals surface area contributed by atoms with Gasteiger partial charge >= 0.3 is 0 Å². The summed E-state index contributed by atoms with van der Waals surface area (Å²) in [5.74, 6) is 0.861. The normalized spacial score (nSPS) is 50.1. The minimum absolute atomic E-state index is 0.179. The predicted molar refractivity (Wildman–Crippen MR) is 29.0 cm³/mol. The summed E-state index contributed by atoms with van der Waals surface area (Å²) < 4.78 is 0. The number of fused-ring (bicyclic) bond motifs is 1. The third-order valence-electron chi connectivity index (χ3n) is 2.03. The van der Waals surface area contributed by atoms with Crippen molar-refractivity contribution in [3.8, 4) is 6.07 Å². The van der Waals surface area contributed by atoms with Gasteiger partial charge in [-0.3, -0.25) is 5.32 Å². The van der Waals surface area contributed by atoms with Gasteiger partial charge in [-0.25, -0.2) is 0 Å². The molecule has 1 saturated heterocycles. The largest absolute Gasteiger partial charge is 0.299 e. The molecule has 1 heterocycles. The Balaban J connectivity index is 2.01. The van der Waals surface area contributed by atoms with E-state index >= 15 is 0 Å². The van der Waals surface area contributed by atoms with Crippen LogP contribution in [0.5, 0.6) is 0 Å². The molecular formula is C6H8N2. The number of nitriles is 1. The molecule has 0 spiro atoms. The average molecular weight is 108 g/mol. The lowest BCUT2D eigenvalue weighted by Gasteiger charge is -1.98. The zero-order valence-electron chi connectivity index (χ0n) is 4.59. The van der Waals surface area contributed by atoms with Crippen LogP contribution in [0.4, 0.5) is 0 Å². The molecule has 8 heavy (non-hydrogen) atoms. The molecule has 2 fully saturated rings. The first-order valence-electron chi connectivity index (χ1n) is 3.06. The molecule has 0 aromatic heterocycles. The van der Waals surface area contributed by atoms with Gasteiger partial charge in [0.25, 0.3) is 0 Å². The van der Waals surface area contributed by atoms with Crippen LogP contribution in [0, 0.1) is 17.2 Å². The quantitative estimate of drug-likeness (QED) is 0.483. The van der Waals surface area contributed by atoms with Crippen molar-refractivity contribution in [1.29, 1.82) is 5.26 Å². The molecule has 1 aliphatic heterocycles. The van der Waals surface area contributed by atoms with Crippen LogP contribution in [0.3, 0.4) is 0 Å². The van der Waals surface area contributed by atoms with Gasteiger partial charge < -0.3 is 0 Å². The Labute approximate surface area is 48.5 Å². The first kappa shape index (κ1) is 4.34. The Morgan fingerprint density at radius 1 is 1.50 bits per heavy atom. The third kappa shape index (κ3) is 0.452. The van der Waals surface area contributed by atoms with Crippen LogP contribution in [0.15, 0.2) is 0 Å². The van der Waals surface area contributed by atoms with Gasteiger partial charge in [0, 0.05) is 6.04 Å². The van der Waals surface area contributed by atoms with Gasteiger partial charge in [-0.15, -0.1) is 0 Å². The van der Waals surface area contributed by atoms with Gasteiger partial charge in [0.05, 0.1) is 12.1 Å². The molecule has 2 unspecified atom stereocenters. The lowest BCUT2D eigenvalue weighted by molar-refractivity contribution is 0.643. The summed E-state index contributed by atoms with van der Waals surface area (Å²) in [6.45, 7) is 0. The summed E-state index contributed by atoms with van der Waals surface area (Å²) in [6, 6.07) is 3.11. The van der Waals surface area contributed by atoms with E-state index in [1.807, 2.05) is 0 Å². The molecule has 2 rings (SSSR count). The van der Waals surface area contributed by atoms with E-state index in [4.69, 9.17) is 5.26 Å². The van der Waals surface area contributed by atoms with E-state index in [2.05, 4.69) is 11.4 Å². The van der Waals surface area contributed by atoms with E-state index < -0.39 is 0 Å². The predicted octanol–water partition coefficient (Wildman–Crippen LogP) is 0.260. The smallest absolute Gasteiger partial charge is 0.0958 e. The molecule has 2 nitrogen and oxygen atoms in total. The van der Waals surface area contributed by atoms with E-state index in [1.54, 1.807) is 0 Å². The van der Waals surface area contributed by atoms with Crippen LogP contribution in [-0.4, -0.2) is 12.1 Å². The lowest BCUT2D eigenvalue weighted by atomic mass is 10.2. The van der Waals surface area contributed by atoms with Crippen molar-refractivity contribution >= 4 is 0 Å². The molecule has 1 saturated carbocycles. The molecule has 0 amide bonds. The highest BCUT2D eigenvalue weighted by Crippen LogP contribution is 2.40. The van der Waals surface area contributed by atoms with Gasteiger partial charge in [-0.05, 0) is 18.8 Å². The monoisotopic (exact) mass is 108 g/mol. The number of nitrogens with one attached hydrogen (secondary N) is 1. The first-order valence-corrected chi connectivity index (χ1v) is 3.06. The molecule has 2 heteroatoms. The molecular weight excluding hydrogens is 100 g/mol. The number of hydrogen-bond acceptors (Lipinski definition) is 2. The fraction of sp³-hybridized carbons (Fsp3) is 0.833. The summed E-state index contributed by atoms with van der Waals surface area (Å²) in [5.41, 5.74) is 0. The molecule has 2 aliphatic rings. The highest BCUT2D eigenvalue weighted by molar-refractivity contribution is 5.09. The second-order valence-electron chi connectivity index (χ2n) is 2.69. The van der Waals surface area contributed by atoms with Crippen LogP contribution in [-0.2, 0) is 0 Å². The van der Waals surface area contributed by atoms with Gasteiger partial charge in [0.1, 0.15) is 0 Å². The van der Waals surface area contributed by atoms with Crippen LogP contribution < -0.4 is 5.32 Å². The minimum atomic E-state index is 0.179. The highest BCUT2D eigenvalue weighted by Gasteiger charge is 2.45. The SMILES string of the molecule is N#C[C@@H]1CC2CC2N1. The standard InChI is InChI=1S/C6H8N2/c7-3-5-1-4-2-6(4)8-5/h4-6,8H,1-2H2/t4?,5-,6?/m0/s1. The van der Waals surface area contributed by atoms with E-state index in [0.717, 1.165) is 18.4 Å². The third-order valence-corrected chi connectivity index (χ3v) is 2.03. The maximum Gasteiger partial charge on any atom is 0.0958 e. The fourth-order valence-electron chi connectivity index (χ4n) is 1.43. The zero-order chi connectivity index (χ0) is 5.56. The molecule has 0 aromatic carbocycles. The van der Waals surface area contributed by atoms with Crippen LogP contribution in [0.25, 0.3) is 0 Å². The van der Waals surface area contributed by atoms with Gasteiger partial charge in [-0.1, -0.05) is 0 Å². The zero-order valence-corrected chi connectivity index (χ0v) is 4.59. The van der Waals surface area contributed by atoms with Gasteiger partial charge in [0.2, 0.25) is 0 Å². The van der Waals surface area contributed by atoms with Crippen molar-refractivity contribution in [1.82, 2.24) is 5.32 Å². The van der Waals surface area contributed by atoms with Crippen molar-refractivity contribution < 1.29 is 0 Å². The van der Waals surface area contributed by atoms with Crippen LogP contribution in [0.2, 0.25) is 0 Å². The van der Waals surface area contributed by atoms with Gasteiger partial charge in [0.15, 0.2) is 0 Å². The Kier molecular flexibility index (Phi) is 0.671. The van der Waals surface area contributed by atoms with E-state index in [9.17, 15) is 0 Å². The fourth-order valence-corrected chi connectivity index (χ4v) is 1.43. The van der Waals surface area contributed by atoms with Crippen LogP contribution >= 0.6 is 0 Å². The molecule has 0 bridgehead atoms. The van der Waals surface area contributed by atoms with Crippen LogP contribution in [0.1, 0.15) is 12.8 Å². The van der Waals surface area contributed by atoms with Crippen molar-refractivity contribution in [2.24, 2.45) is 5.92 Å². The molecule has 0 radical (unpaired) electrons. The summed E-state index contributed by atoms with van der Waals surface area (Å²) >= 11 is 0. The minimum Gasteiger partial charge on any atom is -0.299 e. The molecule has 1 aliphatic carbocycles. The number of rotatable bonds is 0. The number of hydrogen-bond donors (Lipinski definition) is 1. The Hall–Kier alpha value is -0.550. The summed E-state index contributed by atoms with van der Waals surface area (Å²) in [5, 5.41) is 11.6. The number of piperidine rings is 1.